The molecular weight excluding hydrogens is 422 g/mol. The number of amides is 1. The summed E-state index contributed by atoms with van der Waals surface area (Å²) >= 11 is 0. The summed E-state index contributed by atoms with van der Waals surface area (Å²) in [6.07, 6.45) is 9.04. The van der Waals surface area contributed by atoms with E-state index >= 15 is 0 Å². The van der Waals surface area contributed by atoms with Crippen LogP contribution in [0.2, 0.25) is 0 Å². The van der Waals surface area contributed by atoms with Gasteiger partial charge in [0.1, 0.15) is 11.3 Å². The first-order chi connectivity index (χ1) is 15.8. The van der Waals surface area contributed by atoms with Gasteiger partial charge in [-0.3, -0.25) is 14.0 Å². The first kappa shape index (κ1) is 20.4. The van der Waals surface area contributed by atoms with Gasteiger partial charge in [-0.05, 0) is 58.6 Å². The van der Waals surface area contributed by atoms with E-state index in [0.29, 0.717) is 12.4 Å². The molecule has 5 heterocycles. The van der Waals surface area contributed by atoms with E-state index in [1.807, 2.05) is 20.0 Å². The standard InChI is InChI=1S/C24H27N5O4/c1-14(2)33-20-16(19(30)25-17-5-4-8-29(21(17)31)15-6-7-15)9-28-10-18(26-22(28)27-20)24-11-23(3,12-24)32-13-24/h4-5,8-10,14-15H,6-7,11-13H2,1-3H3,(H,25,30). The van der Waals surface area contributed by atoms with Gasteiger partial charge in [0.25, 0.3) is 11.5 Å². The number of imidazole rings is 1. The number of nitrogens with one attached hydrogen (secondary N) is 1. The fourth-order valence-corrected chi connectivity index (χ4v) is 5.22. The van der Waals surface area contributed by atoms with Crippen LogP contribution in [0.1, 0.15) is 68.5 Å². The number of pyridine rings is 1. The van der Waals surface area contributed by atoms with Crippen molar-refractivity contribution in [2.75, 3.05) is 11.9 Å². The number of carbonyl (C=O) groups excluding carboxylic acids is 1. The Morgan fingerprint density at radius 2 is 2.06 bits per heavy atom. The summed E-state index contributed by atoms with van der Waals surface area (Å²) in [4.78, 5) is 35.3. The molecule has 3 aromatic rings. The molecule has 2 saturated heterocycles. The lowest BCUT2D eigenvalue weighted by atomic mass is 9.62. The van der Waals surface area contributed by atoms with Crippen LogP contribution in [0.3, 0.4) is 0 Å². The smallest absolute Gasteiger partial charge is 0.274 e. The van der Waals surface area contributed by atoms with E-state index in [1.54, 1.807) is 33.5 Å². The van der Waals surface area contributed by atoms with Gasteiger partial charge in [0, 0.05) is 30.0 Å². The SMILES string of the molecule is CC(C)Oc1nc2nc(C34COC(C)(C3)C4)cn2cc1C(=O)Nc1cccn(C2CC2)c1=O. The number of ether oxygens (including phenoxy) is 2. The summed E-state index contributed by atoms with van der Waals surface area (Å²) in [6, 6.07) is 3.62. The summed E-state index contributed by atoms with van der Waals surface area (Å²) in [5.74, 6) is 0.228. The van der Waals surface area contributed by atoms with Crippen LogP contribution in [-0.2, 0) is 10.2 Å². The monoisotopic (exact) mass is 449 g/mol. The van der Waals surface area contributed by atoms with Gasteiger partial charge in [-0.25, -0.2) is 4.98 Å². The third-order valence-corrected chi connectivity index (χ3v) is 6.83. The highest BCUT2D eigenvalue weighted by Gasteiger charge is 2.61. The number of nitrogens with zero attached hydrogens (tertiary/aromatic N) is 4. The van der Waals surface area contributed by atoms with Crippen molar-refractivity contribution in [1.82, 2.24) is 18.9 Å². The molecule has 4 aliphatic rings. The number of carbonyl (C=O) groups is 1. The average molecular weight is 450 g/mol. The minimum Gasteiger partial charge on any atom is -0.474 e. The van der Waals surface area contributed by atoms with Crippen LogP contribution in [0.5, 0.6) is 5.88 Å². The number of hydrogen-bond acceptors (Lipinski definition) is 6. The lowest BCUT2D eigenvalue weighted by molar-refractivity contribution is 0.0154. The van der Waals surface area contributed by atoms with Crippen molar-refractivity contribution in [1.29, 1.82) is 0 Å². The Morgan fingerprint density at radius 1 is 1.27 bits per heavy atom. The highest BCUT2D eigenvalue weighted by Crippen LogP contribution is 2.58. The van der Waals surface area contributed by atoms with E-state index in [2.05, 4.69) is 17.2 Å². The minimum atomic E-state index is -0.445. The van der Waals surface area contributed by atoms with E-state index < -0.39 is 5.91 Å². The topological polar surface area (TPSA) is 99.8 Å². The molecule has 9 nitrogen and oxygen atoms in total. The molecule has 0 spiro atoms. The maximum atomic E-state index is 13.3. The molecule has 2 saturated carbocycles. The number of anilines is 1. The second kappa shape index (κ2) is 6.90. The second-order valence-electron chi connectivity index (χ2n) is 10.2. The van der Waals surface area contributed by atoms with Crippen molar-refractivity contribution in [3.63, 3.8) is 0 Å². The van der Waals surface area contributed by atoms with Gasteiger partial charge in [-0.1, -0.05) is 0 Å². The molecule has 33 heavy (non-hydrogen) atoms. The zero-order valence-corrected chi connectivity index (χ0v) is 19.0. The first-order valence-electron chi connectivity index (χ1n) is 11.5. The van der Waals surface area contributed by atoms with Crippen LogP contribution in [0, 0.1) is 0 Å². The Kier molecular flexibility index (Phi) is 4.27. The predicted molar refractivity (Wildman–Crippen MR) is 121 cm³/mol. The van der Waals surface area contributed by atoms with Crippen molar-refractivity contribution >= 4 is 17.4 Å². The van der Waals surface area contributed by atoms with Crippen LogP contribution < -0.4 is 15.6 Å². The van der Waals surface area contributed by atoms with Crippen LogP contribution in [0.15, 0.2) is 35.5 Å². The van der Waals surface area contributed by atoms with E-state index in [0.717, 1.165) is 31.4 Å². The van der Waals surface area contributed by atoms with Crippen LogP contribution in [-0.4, -0.2) is 43.2 Å². The van der Waals surface area contributed by atoms with Crippen molar-refractivity contribution < 1.29 is 14.3 Å². The van der Waals surface area contributed by atoms with Gasteiger partial charge >= 0.3 is 0 Å². The van der Waals surface area contributed by atoms with Crippen LogP contribution in [0.25, 0.3) is 5.78 Å². The summed E-state index contributed by atoms with van der Waals surface area (Å²) in [6.45, 7) is 6.53. The molecule has 2 aliphatic heterocycles. The van der Waals surface area contributed by atoms with E-state index in [1.165, 1.54) is 0 Å². The highest BCUT2D eigenvalue weighted by molar-refractivity contribution is 6.05. The second-order valence-corrected chi connectivity index (χ2v) is 10.2. The zero-order chi connectivity index (χ0) is 23.0. The fourth-order valence-electron chi connectivity index (χ4n) is 5.22. The molecule has 4 fully saturated rings. The molecule has 172 valence electrons. The Morgan fingerprint density at radius 3 is 2.73 bits per heavy atom. The molecule has 0 atom stereocenters. The summed E-state index contributed by atoms with van der Waals surface area (Å²) in [5, 5.41) is 2.76. The van der Waals surface area contributed by atoms with Crippen molar-refractivity contribution in [3.8, 4) is 5.88 Å². The number of rotatable bonds is 6. The summed E-state index contributed by atoms with van der Waals surface area (Å²) < 4.78 is 15.2. The molecule has 9 heteroatoms. The quantitative estimate of drug-likeness (QED) is 0.621. The molecule has 0 aromatic carbocycles. The van der Waals surface area contributed by atoms with Crippen LogP contribution in [0.4, 0.5) is 5.69 Å². The first-order valence-corrected chi connectivity index (χ1v) is 11.5. The predicted octanol–water partition coefficient (Wildman–Crippen LogP) is 3.09. The average Bonchev–Trinajstić information content (AvgIpc) is 3.28. The number of aromatic nitrogens is 4. The van der Waals surface area contributed by atoms with Crippen LogP contribution >= 0.6 is 0 Å². The lowest BCUT2D eigenvalue weighted by Gasteiger charge is -2.41. The number of fused-ring (bicyclic) bond motifs is 2. The van der Waals surface area contributed by atoms with Gasteiger partial charge < -0.3 is 19.4 Å². The third-order valence-electron chi connectivity index (χ3n) is 6.83. The van der Waals surface area contributed by atoms with Gasteiger partial charge in [-0.15, -0.1) is 0 Å². The molecule has 7 rings (SSSR count). The molecule has 2 aliphatic carbocycles. The maximum absolute atomic E-state index is 13.3. The normalized spacial score (nSPS) is 25.9. The van der Waals surface area contributed by atoms with Gasteiger partial charge in [0.15, 0.2) is 0 Å². The van der Waals surface area contributed by atoms with E-state index in [-0.39, 0.29) is 45.9 Å². The molecule has 1 amide bonds. The summed E-state index contributed by atoms with van der Waals surface area (Å²) in [7, 11) is 0. The third kappa shape index (κ3) is 3.33. The Bertz CT molecular complexity index is 1330. The molecule has 2 bridgehead atoms. The Balaban J connectivity index is 1.36. The molecule has 3 aromatic heterocycles. The molecular formula is C24H27N5O4. The largest absolute Gasteiger partial charge is 0.474 e. The molecule has 0 radical (unpaired) electrons. The molecule has 1 N–H and O–H groups in total. The maximum Gasteiger partial charge on any atom is 0.274 e. The summed E-state index contributed by atoms with van der Waals surface area (Å²) in [5.41, 5.74) is 1.08. The highest BCUT2D eigenvalue weighted by atomic mass is 16.5. The fraction of sp³-hybridized carbons (Fsp3) is 0.500. The zero-order valence-electron chi connectivity index (χ0n) is 19.0. The van der Waals surface area contributed by atoms with Crippen molar-refractivity contribution in [2.24, 2.45) is 0 Å². The van der Waals surface area contributed by atoms with E-state index in [9.17, 15) is 9.59 Å². The van der Waals surface area contributed by atoms with Crippen molar-refractivity contribution in [3.05, 3.63) is 52.3 Å². The minimum absolute atomic E-state index is 0.0523. The Hall–Kier alpha value is -3.20. The Labute approximate surface area is 190 Å². The molecule has 0 unspecified atom stereocenters. The van der Waals surface area contributed by atoms with Crippen molar-refractivity contribution in [2.45, 2.75) is 69.6 Å². The number of hydrogen-bond donors (Lipinski definition) is 1. The van der Waals surface area contributed by atoms with Gasteiger partial charge in [-0.2, -0.15) is 4.98 Å². The lowest BCUT2D eigenvalue weighted by Crippen LogP contribution is -2.45. The van der Waals surface area contributed by atoms with Gasteiger partial charge in [0.05, 0.1) is 24.0 Å². The van der Waals surface area contributed by atoms with Gasteiger partial charge in [0.2, 0.25) is 11.7 Å². The van der Waals surface area contributed by atoms with E-state index in [4.69, 9.17) is 14.5 Å².